The number of unbranched alkanes of at least 4 members (excludes halogenated alkanes) is 1. The normalized spacial score (nSPS) is 27.3. The Morgan fingerprint density at radius 3 is 2.90 bits per heavy atom. The number of thioether (sulfide) groups is 1. The number of nitrogens with one attached hydrogen (secondary N) is 1. The van der Waals surface area contributed by atoms with Gasteiger partial charge in [-0.25, -0.2) is 0 Å². The molecule has 3 nitrogen and oxygen atoms in total. The highest BCUT2D eigenvalue weighted by Crippen LogP contribution is 2.49. The van der Waals surface area contributed by atoms with Crippen molar-refractivity contribution in [2.75, 3.05) is 12.8 Å². The Hall–Kier alpha value is -0.520. The Kier molecular flexibility index (Phi) is 4.62. The average Bonchev–Trinajstić information content (AvgIpc) is 2.93. The van der Waals surface area contributed by atoms with Gasteiger partial charge in [-0.2, -0.15) is 11.8 Å². The third kappa shape index (κ3) is 3.15. The minimum absolute atomic E-state index is 0.00899. The summed E-state index contributed by atoms with van der Waals surface area (Å²) in [6.45, 7) is 3.08. The average molecular weight is 325 g/mol. The number of nitrogens with zero attached hydrogens (tertiary/aromatic N) is 1. The van der Waals surface area contributed by atoms with Gasteiger partial charge in [-0.15, -0.1) is 11.3 Å². The summed E-state index contributed by atoms with van der Waals surface area (Å²) in [6, 6.07) is 4.23. The van der Waals surface area contributed by atoms with Crippen LogP contribution in [0.2, 0.25) is 0 Å². The van der Waals surface area contributed by atoms with E-state index in [1.54, 1.807) is 11.3 Å². The van der Waals surface area contributed by atoms with Crippen LogP contribution >= 0.6 is 23.1 Å². The van der Waals surface area contributed by atoms with Gasteiger partial charge in [0.05, 0.1) is 6.04 Å². The fraction of sp³-hybridized carbons (Fsp3) is 0.688. The zero-order valence-corrected chi connectivity index (χ0v) is 14.4. The Labute approximate surface area is 135 Å². The van der Waals surface area contributed by atoms with Crippen LogP contribution in [0.3, 0.4) is 0 Å². The minimum Gasteiger partial charge on any atom is -0.319 e. The van der Waals surface area contributed by atoms with E-state index in [0.717, 1.165) is 25.8 Å². The molecule has 2 aliphatic rings. The van der Waals surface area contributed by atoms with Crippen LogP contribution in [-0.4, -0.2) is 34.4 Å². The fourth-order valence-corrected chi connectivity index (χ4v) is 4.60. The van der Waals surface area contributed by atoms with E-state index in [0.29, 0.717) is 10.7 Å². The lowest BCUT2D eigenvalue weighted by Gasteiger charge is -2.27. The molecule has 2 unspecified atom stereocenters. The summed E-state index contributed by atoms with van der Waals surface area (Å²) < 4.78 is 0.326. The summed E-state index contributed by atoms with van der Waals surface area (Å²) in [4.78, 5) is 16.2. The van der Waals surface area contributed by atoms with E-state index in [9.17, 15) is 4.79 Å². The predicted molar refractivity (Wildman–Crippen MR) is 90.7 cm³/mol. The van der Waals surface area contributed by atoms with Gasteiger partial charge in [0.2, 0.25) is 5.91 Å². The molecule has 0 spiro atoms. The second-order valence-corrected chi connectivity index (χ2v) is 8.39. The molecular weight excluding hydrogens is 300 g/mol. The van der Waals surface area contributed by atoms with Gasteiger partial charge in [0, 0.05) is 16.2 Å². The highest BCUT2D eigenvalue weighted by Gasteiger charge is 2.49. The number of hydrogen-bond acceptors (Lipinski definition) is 4. The van der Waals surface area contributed by atoms with E-state index >= 15 is 0 Å². The summed E-state index contributed by atoms with van der Waals surface area (Å²) in [5.41, 5.74) is 0. The van der Waals surface area contributed by atoms with Gasteiger partial charge in [0.25, 0.3) is 0 Å². The van der Waals surface area contributed by atoms with Gasteiger partial charge < -0.3 is 4.90 Å². The molecule has 1 N–H and O–H groups in total. The summed E-state index contributed by atoms with van der Waals surface area (Å²) in [5.74, 6) is 0.308. The monoisotopic (exact) mass is 324 g/mol. The van der Waals surface area contributed by atoms with Crippen LogP contribution in [0.15, 0.2) is 17.5 Å². The first kappa shape index (κ1) is 15.4. The lowest BCUT2D eigenvalue weighted by molar-refractivity contribution is -0.130. The maximum absolute atomic E-state index is 12.8. The number of amides is 1. The molecule has 1 saturated heterocycles. The van der Waals surface area contributed by atoms with Crippen LogP contribution in [0.4, 0.5) is 0 Å². The van der Waals surface area contributed by atoms with Gasteiger partial charge >= 0.3 is 0 Å². The lowest BCUT2D eigenvalue weighted by atomic mass is 10.1. The summed E-state index contributed by atoms with van der Waals surface area (Å²) in [7, 11) is 0. The van der Waals surface area contributed by atoms with Crippen LogP contribution in [0.5, 0.6) is 0 Å². The second-order valence-electron chi connectivity index (χ2n) is 6.13. The number of carbonyl (C=O) groups is 1. The van der Waals surface area contributed by atoms with E-state index in [1.807, 2.05) is 11.8 Å². The lowest BCUT2D eigenvalue weighted by Crippen LogP contribution is -2.37. The molecule has 1 amide bonds. The van der Waals surface area contributed by atoms with E-state index in [1.165, 1.54) is 17.7 Å². The van der Waals surface area contributed by atoms with Crippen molar-refractivity contribution in [1.82, 2.24) is 10.2 Å². The summed E-state index contributed by atoms with van der Waals surface area (Å²) in [6.07, 6.45) is 7.97. The highest BCUT2D eigenvalue weighted by molar-refractivity contribution is 8.00. The molecular formula is C16H24N2OS2. The maximum Gasteiger partial charge on any atom is 0.241 e. The first-order valence-electron chi connectivity index (χ1n) is 7.84. The van der Waals surface area contributed by atoms with Crippen LogP contribution in [0, 0.1) is 0 Å². The first-order chi connectivity index (χ1) is 10.2. The Bertz CT molecular complexity index is 484. The SMILES string of the molecule is CCCCC1NC(c2cccs2)N(CC2(SC)CC2)C1=O. The Balaban J connectivity index is 1.77. The summed E-state index contributed by atoms with van der Waals surface area (Å²) >= 11 is 3.67. The van der Waals surface area contributed by atoms with E-state index in [2.05, 4.69) is 40.9 Å². The molecule has 1 aromatic heterocycles. The quantitative estimate of drug-likeness (QED) is 0.831. The van der Waals surface area contributed by atoms with Crippen molar-refractivity contribution in [2.24, 2.45) is 0 Å². The van der Waals surface area contributed by atoms with Crippen LogP contribution in [0.25, 0.3) is 0 Å². The first-order valence-corrected chi connectivity index (χ1v) is 9.94. The third-order valence-electron chi connectivity index (χ3n) is 4.61. The maximum atomic E-state index is 12.8. The Morgan fingerprint density at radius 1 is 1.52 bits per heavy atom. The molecule has 5 heteroatoms. The number of thiophene rings is 1. The number of rotatable bonds is 7. The minimum atomic E-state index is 0.00899. The van der Waals surface area contributed by atoms with E-state index < -0.39 is 0 Å². The van der Waals surface area contributed by atoms with Gasteiger partial charge in [-0.05, 0) is 37.0 Å². The van der Waals surface area contributed by atoms with Gasteiger partial charge in [-0.1, -0.05) is 25.8 Å². The topological polar surface area (TPSA) is 32.3 Å². The zero-order valence-electron chi connectivity index (χ0n) is 12.8. The van der Waals surface area contributed by atoms with Crippen molar-refractivity contribution in [2.45, 2.75) is 56.0 Å². The smallest absolute Gasteiger partial charge is 0.241 e. The van der Waals surface area contributed by atoms with Crippen molar-refractivity contribution in [1.29, 1.82) is 0 Å². The Morgan fingerprint density at radius 2 is 2.33 bits per heavy atom. The van der Waals surface area contributed by atoms with Crippen molar-refractivity contribution in [3.05, 3.63) is 22.4 Å². The third-order valence-corrected chi connectivity index (χ3v) is 6.94. The van der Waals surface area contributed by atoms with Crippen molar-refractivity contribution < 1.29 is 4.79 Å². The molecule has 116 valence electrons. The highest BCUT2D eigenvalue weighted by atomic mass is 32.2. The fourth-order valence-electron chi connectivity index (χ4n) is 3.02. The van der Waals surface area contributed by atoms with Crippen LogP contribution < -0.4 is 5.32 Å². The standard InChI is InChI=1S/C16H24N2OS2/c1-3-4-6-12-15(19)18(11-16(20-2)8-9-16)14(17-12)13-7-5-10-21-13/h5,7,10,12,14,17H,3-4,6,8-9,11H2,1-2H3. The molecule has 1 saturated carbocycles. The van der Waals surface area contributed by atoms with Crippen molar-refractivity contribution >= 4 is 29.0 Å². The van der Waals surface area contributed by atoms with Crippen LogP contribution in [-0.2, 0) is 4.79 Å². The molecule has 1 aromatic rings. The van der Waals surface area contributed by atoms with Gasteiger partial charge in [0.1, 0.15) is 6.17 Å². The molecule has 2 heterocycles. The number of carbonyl (C=O) groups excluding carboxylic acids is 1. The molecule has 3 rings (SSSR count). The van der Waals surface area contributed by atoms with E-state index in [4.69, 9.17) is 0 Å². The molecule has 0 radical (unpaired) electrons. The second kappa shape index (κ2) is 6.31. The summed E-state index contributed by atoms with van der Waals surface area (Å²) in [5, 5.41) is 5.68. The van der Waals surface area contributed by atoms with Gasteiger partial charge in [0.15, 0.2) is 0 Å². The van der Waals surface area contributed by atoms with Crippen molar-refractivity contribution in [3.8, 4) is 0 Å². The van der Waals surface area contributed by atoms with E-state index in [-0.39, 0.29) is 12.2 Å². The zero-order chi connectivity index (χ0) is 14.9. The molecule has 0 bridgehead atoms. The molecule has 1 aliphatic heterocycles. The molecule has 2 fully saturated rings. The number of hydrogen-bond donors (Lipinski definition) is 1. The molecule has 21 heavy (non-hydrogen) atoms. The van der Waals surface area contributed by atoms with Gasteiger partial charge in [-0.3, -0.25) is 10.1 Å². The van der Waals surface area contributed by atoms with Crippen molar-refractivity contribution in [3.63, 3.8) is 0 Å². The largest absolute Gasteiger partial charge is 0.319 e. The molecule has 2 atom stereocenters. The predicted octanol–water partition coefficient (Wildman–Crippen LogP) is 3.63. The molecule has 0 aromatic carbocycles. The molecule has 1 aliphatic carbocycles. The van der Waals surface area contributed by atoms with Crippen LogP contribution in [0.1, 0.15) is 50.1 Å².